The number of amides is 1. The highest BCUT2D eigenvalue weighted by atomic mass is 16.6. The molecule has 6 nitrogen and oxygen atoms in total. The molecule has 0 bridgehead atoms. The zero-order valence-corrected chi connectivity index (χ0v) is 12.9. The van der Waals surface area contributed by atoms with Crippen LogP contribution in [0.25, 0.3) is 0 Å². The van der Waals surface area contributed by atoms with Crippen LogP contribution >= 0.6 is 0 Å². The summed E-state index contributed by atoms with van der Waals surface area (Å²) in [5, 5.41) is 16.9. The maximum absolute atomic E-state index is 12.3. The lowest BCUT2D eigenvalue weighted by Gasteiger charge is -2.21. The minimum atomic E-state index is -0.474. The number of nitrogens with one attached hydrogen (secondary N) is 2. The summed E-state index contributed by atoms with van der Waals surface area (Å²) in [6.07, 6.45) is 7.94. The first kappa shape index (κ1) is 16.3. The van der Waals surface area contributed by atoms with Gasteiger partial charge in [0.05, 0.1) is 4.92 Å². The van der Waals surface area contributed by atoms with Crippen LogP contribution in [0.4, 0.5) is 11.4 Å². The van der Waals surface area contributed by atoms with Crippen LogP contribution in [-0.4, -0.2) is 23.9 Å². The number of nitro groups is 1. The lowest BCUT2D eigenvalue weighted by atomic mass is 9.96. The molecule has 0 saturated heterocycles. The van der Waals surface area contributed by atoms with E-state index in [4.69, 9.17) is 0 Å². The highest BCUT2D eigenvalue weighted by molar-refractivity contribution is 5.95. The number of carbonyl (C=O) groups is 1. The monoisotopic (exact) mass is 305 g/mol. The molecule has 6 heteroatoms. The summed E-state index contributed by atoms with van der Waals surface area (Å²) in [4.78, 5) is 22.9. The Morgan fingerprint density at radius 2 is 1.82 bits per heavy atom. The van der Waals surface area contributed by atoms with Crippen LogP contribution < -0.4 is 10.6 Å². The largest absolute Gasteiger partial charge is 0.383 e. The first-order valence-corrected chi connectivity index (χ1v) is 7.89. The van der Waals surface area contributed by atoms with E-state index in [0.29, 0.717) is 11.3 Å². The molecule has 0 aromatic heterocycles. The number of benzene rings is 1. The zero-order chi connectivity index (χ0) is 15.9. The molecule has 2 N–H and O–H groups in total. The number of nitrogens with zero attached hydrogens (tertiary/aromatic N) is 1. The SMILES string of the molecule is CNc1ccc(C(=O)NC2CCCCCCC2)cc1[N+](=O)[O-]. The van der Waals surface area contributed by atoms with Gasteiger partial charge >= 0.3 is 0 Å². The van der Waals surface area contributed by atoms with Gasteiger partial charge in [-0.25, -0.2) is 0 Å². The summed E-state index contributed by atoms with van der Waals surface area (Å²) in [5.41, 5.74) is 0.674. The Kier molecular flexibility index (Phi) is 5.75. The van der Waals surface area contributed by atoms with Gasteiger partial charge in [-0.3, -0.25) is 14.9 Å². The highest BCUT2D eigenvalue weighted by Gasteiger charge is 2.19. The van der Waals surface area contributed by atoms with Crippen LogP contribution in [0.3, 0.4) is 0 Å². The Bertz CT molecular complexity index is 537. The van der Waals surface area contributed by atoms with Gasteiger partial charge in [0, 0.05) is 24.7 Å². The van der Waals surface area contributed by atoms with Crippen LogP contribution in [0, 0.1) is 10.1 Å². The van der Waals surface area contributed by atoms with E-state index in [1.165, 1.54) is 25.3 Å². The van der Waals surface area contributed by atoms with Crippen LogP contribution in [0.2, 0.25) is 0 Å². The van der Waals surface area contributed by atoms with E-state index >= 15 is 0 Å². The third kappa shape index (κ3) is 4.19. The van der Waals surface area contributed by atoms with Gasteiger partial charge in [-0.2, -0.15) is 0 Å². The van der Waals surface area contributed by atoms with Gasteiger partial charge in [-0.05, 0) is 25.0 Å². The van der Waals surface area contributed by atoms with Gasteiger partial charge < -0.3 is 10.6 Å². The Morgan fingerprint density at radius 1 is 1.18 bits per heavy atom. The van der Waals surface area contributed by atoms with E-state index in [1.807, 2.05) is 0 Å². The second-order valence-corrected chi connectivity index (χ2v) is 5.75. The van der Waals surface area contributed by atoms with Crippen LogP contribution in [-0.2, 0) is 0 Å². The number of carbonyl (C=O) groups excluding carboxylic acids is 1. The molecule has 1 amide bonds. The molecule has 0 atom stereocenters. The normalized spacial score (nSPS) is 16.4. The standard InChI is InChI=1S/C16H23N3O3/c1-17-14-10-9-12(11-15(14)19(21)22)16(20)18-13-7-5-3-2-4-6-8-13/h9-11,13,17H,2-8H2,1H3,(H,18,20). The van der Waals surface area contributed by atoms with Crippen molar-refractivity contribution < 1.29 is 9.72 Å². The summed E-state index contributed by atoms with van der Waals surface area (Å²) >= 11 is 0. The van der Waals surface area contributed by atoms with Crippen molar-refractivity contribution in [3.8, 4) is 0 Å². The molecule has 1 fully saturated rings. The fourth-order valence-electron chi connectivity index (χ4n) is 2.90. The third-order valence-electron chi connectivity index (χ3n) is 4.17. The maximum Gasteiger partial charge on any atom is 0.293 e. The van der Waals surface area contributed by atoms with Crippen LogP contribution in [0.1, 0.15) is 55.3 Å². The minimum absolute atomic E-state index is 0.0761. The maximum atomic E-state index is 12.3. The molecule has 1 aromatic rings. The predicted octanol–water partition coefficient (Wildman–Crippen LogP) is 3.48. The number of hydrogen-bond donors (Lipinski definition) is 2. The number of hydrogen-bond acceptors (Lipinski definition) is 4. The molecule has 0 radical (unpaired) electrons. The summed E-state index contributed by atoms with van der Waals surface area (Å²) in [5.74, 6) is -0.226. The third-order valence-corrected chi connectivity index (χ3v) is 4.17. The van der Waals surface area contributed by atoms with Gasteiger partial charge in [-0.1, -0.05) is 32.1 Å². The van der Waals surface area contributed by atoms with Crippen molar-refractivity contribution in [2.75, 3.05) is 12.4 Å². The topological polar surface area (TPSA) is 84.3 Å². The van der Waals surface area contributed by atoms with Crippen molar-refractivity contribution in [2.24, 2.45) is 0 Å². The second-order valence-electron chi connectivity index (χ2n) is 5.75. The summed E-state index contributed by atoms with van der Waals surface area (Å²) in [6.45, 7) is 0. The van der Waals surface area contributed by atoms with E-state index < -0.39 is 4.92 Å². The molecular formula is C16H23N3O3. The Hall–Kier alpha value is -2.11. The van der Waals surface area contributed by atoms with Crippen LogP contribution in [0.15, 0.2) is 18.2 Å². The minimum Gasteiger partial charge on any atom is -0.383 e. The van der Waals surface area contributed by atoms with Crippen LogP contribution in [0.5, 0.6) is 0 Å². The van der Waals surface area contributed by atoms with Gasteiger partial charge in [-0.15, -0.1) is 0 Å². The lowest BCUT2D eigenvalue weighted by Crippen LogP contribution is -2.35. The van der Waals surface area contributed by atoms with E-state index in [2.05, 4.69) is 10.6 Å². The van der Waals surface area contributed by atoms with Gasteiger partial charge in [0.1, 0.15) is 5.69 Å². The zero-order valence-electron chi connectivity index (χ0n) is 12.9. The summed E-state index contributed by atoms with van der Waals surface area (Å²) in [7, 11) is 1.62. The van der Waals surface area contributed by atoms with Crippen molar-refractivity contribution in [3.05, 3.63) is 33.9 Å². The van der Waals surface area contributed by atoms with Gasteiger partial charge in [0.15, 0.2) is 0 Å². The van der Waals surface area contributed by atoms with Gasteiger partial charge in [0.25, 0.3) is 11.6 Å². The van der Waals surface area contributed by atoms with E-state index in [1.54, 1.807) is 19.2 Å². The van der Waals surface area contributed by atoms with E-state index in [-0.39, 0.29) is 17.6 Å². The summed E-state index contributed by atoms with van der Waals surface area (Å²) < 4.78 is 0. The molecule has 0 spiro atoms. The average molecular weight is 305 g/mol. The molecule has 1 saturated carbocycles. The first-order valence-electron chi connectivity index (χ1n) is 7.89. The van der Waals surface area contributed by atoms with E-state index in [9.17, 15) is 14.9 Å². The Balaban J connectivity index is 2.08. The van der Waals surface area contributed by atoms with Crippen molar-refractivity contribution in [1.82, 2.24) is 5.32 Å². The molecule has 0 heterocycles. The van der Waals surface area contributed by atoms with Gasteiger partial charge in [0.2, 0.25) is 0 Å². The highest BCUT2D eigenvalue weighted by Crippen LogP contribution is 2.25. The fourth-order valence-corrected chi connectivity index (χ4v) is 2.90. The number of anilines is 1. The van der Waals surface area contributed by atoms with Crippen molar-refractivity contribution in [1.29, 1.82) is 0 Å². The average Bonchev–Trinajstić information content (AvgIpc) is 2.49. The molecule has 0 aliphatic heterocycles. The molecule has 1 aromatic carbocycles. The molecule has 2 rings (SSSR count). The fraction of sp³-hybridized carbons (Fsp3) is 0.562. The molecule has 1 aliphatic carbocycles. The molecule has 22 heavy (non-hydrogen) atoms. The molecule has 0 unspecified atom stereocenters. The quantitative estimate of drug-likeness (QED) is 0.659. The number of nitro benzene ring substituents is 1. The lowest BCUT2D eigenvalue weighted by molar-refractivity contribution is -0.384. The Labute approximate surface area is 130 Å². The van der Waals surface area contributed by atoms with E-state index in [0.717, 1.165) is 25.7 Å². The molecular weight excluding hydrogens is 282 g/mol. The second kappa shape index (κ2) is 7.77. The molecule has 1 aliphatic rings. The van der Waals surface area contributed by atoms with Crippen molar-refractivity contribution >= 4 is 17.3 Å². The smallest absolute Gasteiger partial charge is 0.293 e. The van der Waals surface area contributed by atoms with Crippen molar-refractivity contribution in [2.45, 2.75) is 51.0 Å². The summed E-state index contributed by atoms with van der Waals surface area (Å²) in [6, 6.07) is 4.71. The van der Waals surface area contributed by atoms with Crippen molar-refractivity contribution in [3.63, 3.8) is 0 Å². The first-order chi connectivity index (χ1) is 10.6. The Morgan fingerprint density at radius 3 is 2.41 bits per heavy atom. The number of rotatable bonds is 4. The predicted molar refractivity (Wildman–Crippen MR) is 86.2 cm³/mol. The molecule has 120 valence electrons.